The van der Waals surface area contributed by atoms with Gasteiger partial charge in [0.05, 0.1) is 12.7 Å². The summed E-state index contributed by atoms with van der Waals surface area (Å²) in [6, 6.07) is 0. The molecular weight excluding hydrogens is 561 g/mol. The standard InChI is InChI=1S/C28H62O7Si4/c1-17-22-20(3)19(2)21(4)27(30-22)32-28-26(35-39(14,15)16)25(34-38(11,12)13)24(33-37(8,9)10)23(31-28)18-29-36(5,6)7/h19-28H,17-18H2,1-16H3/t19-,20-,21?,22?,23?,24+,25-,26?,27+,28+/m0/s1. The van der Waals surface area contributed by atoms with E-state index < -0.39 is 45.7 Å². The van der Waals surface area contributed by atoms with Crippen LogP contribution in [-0.4, -0.2) is 83.0 Å². The second kappa shape index (κ2) is 13.5. The Labute approximate surface area is 244 Å². The molecule has 0 spiro atoms. The summed E-state index contributed by atoms with van der Waals surface area (Å²) in [7, 11) is -7.81. The lowest BCUT2D eigenvalue weighted by molar-refractivity contribution is -0.356. The van der Waals surface area contributed by atoms with E-state index in [4.69, 9.17) is 31.9 Å². The highest BCUT2D eigenvalue weighted by atomic mass is 28.4. The third kappa shape index (κ3) is 11.3. The van der Waals surface area contributed by atoms with Crippen molar-refractivity contribution in [1.82, 2.24) is 0 Å². The highest BCUT2D eigenvalue weighted by Gasteiger charge is 2.53. The number of hydrogen-bond acceptors (Lipinski definition) is 7. The average Bonchev–Trinajstić information content (AvgIpc) is 2.73. The summed E-state index contributed by atoms with van der Waals surface area (Å²) in [5.74, 6) is 1.17. The third-order valence-corrected chi connectivity index (χ3v) is 11.4. The zero-order valence-corrected chi connectivity index (χ0v) is 32.0. The van der Waals surface area contributed by atoms with Crippen molar-refractivity contribution in [1.29, 1.82) is 0 Å². The monoisotopic (exact) mass is 622 g/mol. The topological polar surface area (TPSA) is 64.6 Å². The molecule has 0 aromatic heterocycles. The largest absolute Gasteiger partial charge is 0.415 e. The van der Waals surface area contributed by atoms with Gasteiger partial charge in [0.25, 0.3) is 0 Å². The van der Waals surface area contributed by atoms with Crippen LogP contribution >= 0.6 is 0 Å². The van der Waals surface area contributed by atoms with E-state index in [0.29, 0.717) is 18.4 Å². The van der Waals surface area contributed by atoms with Gasteiger partial charge >= 0.3 is 0 Å². The first kappa shape index (κ1) is 35.8. The molecule has 10 atom stereocenters. The van der Waals surface area contributed by atoms with Gasteiger partial charge < -0.3 is 31.9 Å². The lowest BCUT2D eigenvalue weighted by Crippen LogP contribution is -2.67. The van der Waals surface area contributed by atoms with Crippen molar-refractivity contribution >= 4 is 33.3 Å². The summed E-state index contributed by atoms with van der Waals surface area (Å²) in [6.07, 6.45) is -1.26. The van der Waals surface area contributed by atoms with Crippen molar-refractivity contribution in [3.63, 3.8) is 0 Å². The summed E-state index contributed by atoms with van der Waals surface area (Å²) in [5, 5.41) is 0. The van der Waals surface area contributed by atoms with Crippen LogP contribution in [0.15, 0.2) is 0 Å². The lowest BCUT2D eigenvalue weighted by atomic mass is 9.78. The van der Waals surface area contributed by atoms with Crippen LogP contribution in [0.2, 0.25) is 78.6 Å². The summed E-state index contributed by atoms with van der Waals surface area (Å²) in [6.45, 7) is 36.1. The predicted octanol–water partition coefficient (Wildman–Crippen LogP) is 7.28. The van der Waals surface area contributed by atoms with Crippen molar-refractivity contribution in [3.8, 4) is 0 Å². The second-order valence-corrected chi connectivity index (χ2v) is 33.6. The summed E-state index contributed by atoms with van der Waals surface area (Å²) in [5.41, 5.74) is 0. The van der Waals surface area contributed by atoms with Gasteiger partial charge in [-0.1, -0.05) is 27.7 Å². The van der Waals surface area contributed by atoms with Gasteiger partial charge in [-0.3, -0.25) is 0 Å². The minimum absolute atomic E-state index is 0.157. The molecule has 232 valence electrons. The number of rotatable bonds is 12. The van der Waals surface area contributed by atoms with Crippen LogP contribution in [0, 0.1) is 17.8 Å². The van der Waals surface area contributed by atoms with Crippen LogP contribution in [0.1, 0.15) is 34.1 Å². The van der Waals surface area contributed by atoms with Crippen LogP contribution in [0.25, 0.3) is 0 Å². The molecule has 2 heterocycles. The van der Waals surface area contributed by atoms with Gasteiger partial charge in [-0.2, -0.15) is 0 Å². The van der Waals surface area contributed by atoms with Crippen molar-refractivity contribution in [2.24, 2.45) is 17.8 Å². The van der Waals surface area contributed by atoms with Gasteiger partial charge in [0, 0.05) is 5.92 Å². The molecule has 2 rings (SSSR count). The smallest absolute Gasteiger partial charge is 0.188 e. The Hall–Kier alpha value is 0.588. The molecule has 7 nitrogen and oxygen atoms in total. The van der Waals surface area contributed by atoms with Gasteiger partial charge in [-0.05, 0) is 96.8 Å². The first-order valence-electron chi connectivity index (χ1n) is 15.1. The van der Waals surface area contributed by atoms with Gasteiger partial charge in [-0.15, -0.1) is 0 Å². The van der Waals surface area contributed by atoms with Crippen molar-refractivity contribution in [2.75, 3.05) is 6.61 Å². The molecule has 0 radical (unpaired) electrons. The fraction of sp³-hybridized carbons (Fsp3) is 1.00. The molecule has 11 heteroatoms. The minimum atomic E-state index is -2.02. The number of ether oxygens (including phenoxy) is 3. The molecular formula is C28H62O7Si4. The molecule has 2 saturated heterocycles. The summed E-state index contributed by atoms with van der Waals surface area (Å²) < 4.78 is 47.5. The van der Waals surface area contributed by atoms with Crippen LogP contribution in [0.5, 0.6) is 0 Å². The van der Waals surface area contributed by atoms with E-state index in [0.717, 1.165) is 6.42 Å². The lowest BCUT2D eigenvalue weighted by Gasteiger charge is -2.52. The van der Waals surface area contributed by atoms with E-state index in [1.54, 1.807) is 0 Å². The molecule has 39 heavy (non-hydrogen) atoms. The zero-order chi connectivity index (χ0) is 30.1. The van der Waals surface area contributed by atoms with Crippen LogP contribution in [0.4, 0.5) is 0 Å². The van der Waals surface area contributed by atoms with Gasteiger partial charge in [-0.25, -0.2) is 0 Å². The molecule has 0 aromatic rings. The van der Waals surface area contributed by atoms with Crippen LogP contribution in [-0.2, 0) is 31.9 Å². The number of hydrogen-bond donors (Lipinski definition) is 0. The fourth-order valence-electron chi connectivity index (χ4n) is 5.32. The highest BCUT2D eigenvalue weighted by Crippen LogP contribution is 2.40. The summed E-state index contributed by atoms with van der Waals surface area (Å²) in [4.78, 5) is 0. The van der Waals surface area contributed by atoms with Gasteiger partial charge in [0.2, 0.25) is 0 Å². The quantitative estimate of drug-likeness (QED) is 0.212. The predicted molar refractivity (Wildman–Crippen MR) is 170 cm³/mol. The molecule has 0 aliphatic carbocycles. The molecule has 2 fully saturated rings. The highest BCUT2D eigenvalue weighted by molar-refractivity contribution is 6.71. The first-order valence-corrected chi connectivity index (χ1v) is 28.8. The minimum Gasteiger partial charge on any atom is -0.415 e. The molecule has 0 saturated carbocycles. The Morgan fingerprint density at radius 3 is 1.44 bits per heavy atom. The maximum atomic E-state index is 6.97. The zero-order valence-electron chi connectivity index (χ0n) is 28.0. The normalized spacial score (nSPS) is 37.2. The van der Waals surface area contributed by atoms with E-state index in [1.165, 1.54) is 0 Å². The average molecular weight is 623 g/mol. The van der Waals surface area contributed by atoms with E-state index >= 15 is 0 Å². The first-order chi connectivity index (χ1) is 17.5. The van der Waals surface area contributed by atoms with Crippen molar-refractivity contribution < 1.29 is 31.9 Å². The van der Waals surface area contributed by atoms with Crippen molar-refractivity contribution in [2.45, 2.75) is 156 Å². The maximum Gasteiger partial charge on any atom is 0.188 e. The Morgan fingerprint density at radius 1 is 0.513 bits per heavy atom. The Morgan fingerprint density at radius 2 is 0.974 bits per heavy atom. The van der Waals surface area contributed by atoms with E-state index in [-0.39, 0.29) is 36.6 Å². The molecule has 0 bridgehead atoms. The van der Waals surface area contributed by atoms with Gasteiger partial charge in [0.1, 0.15) is 24.4 Å². The van der Waals surface area contributed by atoms with E-state index in [2.05, 4.69) is 106 Å². The van der Waals surface area contributed by atoms with Crippen LogP contribution < -0.4 is 0 Å². The van der Waals surface area contributed by atoms with Gasteiger partial charge in [0.15, 0.2) is 45.8 Å². The molecule has 2 aliphatic heterocycles. The molecule has 0 amide bonds. The molecule has 2 aliphatic rings. The Bertz CT molecular complexity index is 757. The SMILES string of the molecule is CCC1O[C@H](O[C@H]2OC(CO[Si](C)(C)C)[C@@H](O[Si](C)(C)C)[C@H](O[Si](C)(C)C)C2O[Si](C)(C)C)C(C)[C@@H](C)[C@@H]1C. The van der Waals surface area contributed by atoms with E-state index in [9.17, 15) is 0 Å². The fourth-order valence-corrected chi connectivity index (χ4v) is 9.24. The molecule has 0 aromatic carbocycles. The third-order valence-electron chi connectivity index (χ3n) is 7.39. The molecule has 4 unspecified atom stereocenters. The van der Waals surface area contributed by atoms with Crippen LogP contribution in [0.3, 0.4) is 0 Å². The summed E-state index contributed by atoms with van der Waals surface area (Å²) >= 11 is 0. The Balaban J connectivity index is 2.55. The van der Waals surface area contributed by atoms with Crippen molar-refractivity contribution in [3.05, 3.63) is 0 Å². The second-order valence-electron chi connectivity index (χ2n) is 15.7. The Kier molecular flexibility index (Phi) is 12.4. The molecule has 0 N–H and O–H groups in total. The maximum absolute atomic E-state index is 6.97. The van der Waals surface area contributed by atoms with E-state index in [1.807, 2.05) is 0 Å².